The maximum absolute atomic E-state index is 5.71. The number of unbranched alkanes of at least 4 members (excludes halogenated alkanes) is 1. The average Bonchev–Trinajstić information content (AvgIpc) is 2.27. The standard InChI is InChI=1S/C12H20N4.HI/c1-3-4-8-14-12(13)15-9-11-7-5-6-10(2)16-11;/h5-7H,3-4,8-9H2,1-2H3,(H3,13,14,15);1H. The zero-order valence-corrected chi connectivity index (χ0v) is 12.8. The monoisotopic (exact) mass is 348 g/mol. The summed E-state index contributed by atoms with van der Waals surface area (Å²) in [4.78, 5) is 8.58. The van der Waals surface area contributed by atoms with Crippen molar-refractivity contribution in [3.8, 4) is 0 Å². The predicted molar refractivity (Wildman–Crippen MR) is 82.6 cm³/mol. The van der Waals surface area contributed by atoms with Crippen molar-refractivity contribution in [1.82, 2.24) is 10.3 Å². The van der Waals surface area contributed by atoms with E-state index in [2.05, 4.69) is 22.2 Å². The average molecular weight is 348 g/mol. The molecule has 0 saturated carbocycles. The van der Waals surface area contributed by atoms with E-state index in [9.17, 15) is 0 Å². The molecule has 0 radical (unpaired) electrons. The molecule has 0 fully saturated rings. The van der Waals surface area contributed by atoms with Gasteiger partial charge < -0.3 is 11.1 Å². The molecular formula is C12H21IN4. The number of aliphatic imine (C=N–C) groups is 1. The van der Waals surface area contributed by atoms with Gasteiger partial charge in [0.2, 0.25) is 0 Å². The van der Waals surface area contributed by atoms with Crippen LogP contribution in [0, 0.1) is 6.92 Å². The van der Waals surface area contributed by atoms with Crippen LogP contribution in [-0.2, 0) is 6.54 Å². The van der Waals surface area contributed by atoms with Crippen molar-refractivity contribution in [2.24, 2.45) is 10.7 Å². The van der Waals surface area contributed by atoms with Crippen molar-refractivity contribution < 1.29 is 0 Å². The minimum absolute atomic E-state index is 0. The Balaban J connectivity index is 0.00000256. The van der Waals surface area contributed by atoms with Crippen LogP contribution in [0.3, 0.4) is 0 Å². The molecule has 5 heteroatoms. The van der Waals surface area contributed by atoms with E-state index < -0.39 is 0 Å². The lowest BCUT2D eigenvalue weighted by Crippen LogP contribution is -2.32. The van der Waals surface area contributed by atoms with Crippen LogP contribution < -0.4 is 11.1 Å². The number of aryl methyl sites for hydroxylation is 1. The largest absolute Gasteiger partial charge is 0.370 e. The van der Waals surface area contributed by atoms with E-state index in [1.165, 1.54) is 0 Å². The number of aromatic nitrogens is 1. The third-order valence-electron chi connectivity index (χ3n) is 2.19. The van der Waals surface area contributed by atoms with Crippen molar-refractivity contribution >= 4 is 29.9 Å². The lowest BCUT2D eigenvalue weighted by Gasteiger charge is -2.04. The quantitative estimate of drug-likeness (QED) is 0.371. The van der Waals surface area contributed by atoms with Gasteiger partial charge in [-0.2, -0.15) is 0 Å². The van der Waals surface area contributed by atoms with Crippen LogP contribution in [0.4, 0.5) is 0 Å². The molecule has 0 bridgehead atoms. The highest BCUT2D eigenvalue weighted by Gasteiger charge is 1.94. The fourth-order valence-electron chi connectivity index (χ4n) is 1.30. The van der Waals surface area contributed by atoms with Gasteiger partial charge in [0.25, 0.3) is 0 Å². The van der Waals surface area contributed by atoms with Gasteiger partial charge in [0.05, 0.1) is 12.2 Å². The second-order valence-electron chi connectivity index (χ2n) is 3.75. The minimum Gasteiger partial charge on any atom is -0.370 e. The zero-order valence-electron chi connectivity index (χ0n) is 10.4. The maximum atomic E-state index is 5.71. The van der Waals surface area contributed by atoms with Crippen LogP contribution >= 0.6 is 24.0 Å². The first-order valence-electron chi connectivity index (χ1n) is 5.68. The summed E-state index contributed by atoms with van der Waals surface area (Å²) < 4.78 is 0. The molecule has 0 atom stereocenters. The molecule has 4 nitrogen and oxygen atoms in total. The summed E-state index contributed by atoms with van der Waals surface area (Å²) in [6.07, 6.45) is 2.26. The highest BCUT2D eigenvalue weighted by Crippen LogP contribution is 1.99. The van der Waals surface area contributed by atoms with E-state index in [1.807, 2.05) is 25.1 Å². The van der Waals surface area contributed by atoms with E-state index in [4.69, 9.17) is 5.73 Å². The highest BCUT2D eigenvalue weighted by atomic mass is 127. The molecule has 0 aromatic carbocycles. The number of guanidine groups is 1. The lowest BCUT2D eigenvalue weighted by molar-refractivity contribution is 0.747. The Bertz CT molecular complexity index is 352. The Morgan fingerprint density at radius 2 is 2.24 bits per heavy atom. The van der Waals surface area contributed by atoms with Gasteiger partial charge in [0.1, 0.15) is 0 Å². The summed E-state index contributed by atoms with van der Waals surface area (Å²) in [5.74, 6) is 0.497. The summed E-state index contributed by atoms with van der Waals surface area (Å²) in [5, 5.41) is 3.07. The summed E-state index contributed by atoms with van der Waals surface area (Å²) in [6.45, 7) is 5.53. The van der Waals surface area contributed by atoms with Gasteiger partial charge in [0, 0.05) is 12.2 Å². The minimum atomic E-state index is 0. The molecule has 1 aromatic heterocycles. The second-order valence-corrected chi connectivity index (χ2v) is 3.75. The topological polar surface area (TPSA) is 63.3 Å². The Morgan fingerprint density at radius 1 is 1.47 bits per heavy atom. The summed E-state index contributed by atoms with van der Waals surface area (Å²) in [7, 11) is 0. The molecule has 0 aliphatic heterocycles. The molecule has 0 unspecified atom stereocenters. The Hall–Kier alpha value is -0.850. The summed E-state index contributed by atoms with van der Waals surface area (Å²) >= 11 is 0. The van der Waals surface area contributed by atoms with Gasteiger partial charge in [-0.25, -0.2) is 4.99 Å². The van der Waals surface area contributed by atoms with Gasteiger partial charge in [-0.3, -0.25) is 4.98 Å². The molecule has 0 amide bonds. The fraction of sp³-hybridized carbons (Fsp3) is 0.500. The number of nitrogens with zero attached hydrogens (tertiary/aromatic N) is 2. The molecule has 0 aliphatic rings. The van der Waals surface area contributed by atoms with Crippen LogP contribution in [0.5, 0.6) is 0 Å². The first-order chi connectivity index (χ1) is 7.72. The second kappa shape index (κ2) is 9.21. The molecule has 1 heterocycles. The fourth-order valence-corrected chi connectivity index (χ4v) is 1.30. The summed E-state index contributed by atoms with van der Waals surface area (Å²) in [5.41, 5.74) is 7.66. The maximum Gasteiger partial charge on any atom is 0.188 e. The number of halogens is 1. The van der Waals surface area contributed by atoms with Crippen molar-refractivity contribution in [2.75, 3.05) is 6.54 Å². The van der Waals surface area contributed by atoms with Crippen LogP contribution in [-0.4, -0.2) is 17.5 Å². The van der Waals surface area contributed by atoms with Crippen molar-refractivity contribution in [3.63, 3.8) is 0 Å². The Morgan fingerprint density at radius 3 is 2.88 bits per heavy atom. The first-order valence-corrected chi connectivity index (χ1v) is 5.68. The molecule has 3 N–H and O–H groups in total. The van der Waals surface area contributed by atoms with Gasteiger partial charge >= 0.3 is 0 Å². The van der Waals surface area contributed by atoms with E-state index >= 15 is 0 Å². The van der Waals surface area contributed by atoms with Gasteiger partial charge in [-0.05, 0) is 25.5 Å². The normalized spacial score (nSPS) is 10.8. The van der Waals surface area contributed by atoms with Crippen molar-refractivity contribution in [3.05, 3.63) is 29.6 Å². The lowest BCUT2D eigenvalue weighted by atomic mass is 10.3. The van der Waals surface area contributed by atoms with E-state index in [0.717, 1.165) is 30.8 Å². The van der Waals surface area contributed by atoms with E-state index in [0.29, 0.717) is 12.5 Å². The molecule has 17 heavy (non-hydrogen) atoms. The molecule has 1 rings (SSSR count). The number of rotatable bonds is 5. The Labute approximate surface area is 120 Å². The number of hydrogen-bond acceptors (Lipinski definition) is 2. The number of nitrogens with one attached hydrogen (secondary N) is 1. The molecule has 0 aliphatic carbocycles. The third kappa shape index (κ3) is 7.14. The van der Waals surface area contributed by atoms with Crippen LogP contribution in [0.15, 0.2) is 23.2 Å². The van der Waals surface area contributed by atoms with E-state index in [1.54, 1.807) is 0 Å². The van der Waals surface area contributed by atoms with Gasteiger partial charge in [0.15, 0.2) is 5.96 Å². The molecule has 0 spiro atoms. The summed E-state index contributed by atoms with van der Waals surface area (Å²) in [6, 6.07) is 5.90. The van der Waals surface area contributed by atoms with Gasteiger partial charge in [-0.1, -0.05) is 19.4 Å². The predicted octanol–water partition coefficient (Wildman–Crippen LogP) is 2.21. The van der Waals surface area contributed by atoms with Crippen LogP contribution in [0.1, 0.15) is 31.2 Å². The Kier molecular flexibility index (Phi) is 8.75. The molecular weight excluding hydrogens is 327 g/mol. The molecule has 0 saturated heterocycles. The van der Waals surface area contributed by atoms with E-state index in [-0.39, 0.29) is 24.0 Å². The number of nitrogens with two attached hydrogens (primary N) is 1. The van der Waals surface area contributed by atoms with Gasteiger partial charge in [-0.15, -0.1) is 24.0 Å². The SMILES string of the molecule is CCCCNC(N)=NCc1cccc(C)n1.I. The van der Waals surface area contributed by atoms with Crippen LogP contribution in [0.2, 0.25) is 0 Å². The smallest absolute Gasteiger partial charge is 0.188 e. The van der Waals surface area contributed by atoms with Crippen molar-refractivity contribution in [2.45, 2.75) is 33.2 Å². The molecule has 1 aromatic rings. The highest BCUT2D eigenvalue weighted by molar-refractivity contribution is 14.0. The van der Waals surface area contributed by atoms with Crippen molar-refractivity contribution in [1.29, 1.82) is 0 Å². The third-order valence-corrected chi connectivity index (χ3v) is 2.19. The molecule has 96 valence electrons. The zero-order chi connectivity index (χ0) is 11.8. The number of pyridine rings is 1. The first kappa shape index (κ1) is 16.1. The van der Waals surface area contributed by atoms with Crippen LogP contribution in [0.25, 0.3) is 0 Å². The number of hydrogen-bond donors (Lipinski definition) is 2.